The molecule has 3 N–H and O–H groups in total. The number of benzene rings is 2. The first-order chi connectivity index (χ1) is 9.31. The van der Waals surface area contributed by atoms with Crippen LogP contribution in [0.1, 0.15) is 28.7 Å². The number of hydrazine groups is 1. The van der Waals surface area contributed by atoms with Crippen LogP contribution in [0.2, 0.25) is 0 Å². The summed E-state index contributed by atoms with van der Waals surface area (Å²) in [5, 5.41) is 0. The first-order valence-corrected chi connectivity index (χ1v) is 6.54. The predicted molar refractivity (Wildman–Crippen MR) is 75.9 cm³/mol. The zero-order valence-corrected chi connectivity index (χ0v) is 11.0. The summed E-state index contributed by atoms with van der Waals surface area (Å²) >= 11 is 0. The van der Waals surface area contributed by atoms with Crippen molar-refractivity contribution in [1.29, 1.82) is 0 Å². The van der Waals surface area contributed by atoms with Gasteiger partial charge in [0, 0.05) is 11.5 Å². The maximum atomic E-state index is 5.81. The Balaban J connectivity index is 1.99. The van der Waals surface area contributed by atoms with Crippen LogP contribution in [0.25, 0.3) is 0 Å². The normalized spacial score (nSPS) is 18.7. The molecule has 2 aromatic carbocycles. The number of para-hydroxylation sites is 1. The zero-order valence-electron chi connectivity index (χ0n) is 11.0. The molecule has 2 unspecified atom stereocenters. The number of nitrogens with two attached hydrogens (primary N) is 1. The van der Waals surface area contributed by atoms with Crippen LogP contribution in [-0.2, 0) is 0 Å². The van der Waals surface area contributed by atoms with Crippen LogP contribution in [0.4, 0.5) is 0 Å². The summed E-state index contributed by atoms with van der Waals surface area (Å²) in [5.74, 6) is 7.03. The highest BCUT2D eigenvalue weighted by Gasteiger charge is 2.32. The smallest absolute Gasteiger partial charge is 0.122 e. The second-order valence-corrected chi connectivity index (χ2v) is 4.96. The van der Waals surface area contributed by atoms with Gasteiger partial charge in [0.15, 0.2) is 0 Å². The van der Waals surface area contributed by atoms with Crippen molar-refractivity contribution in [3.63, 3.8) is 0 Å². The van der Waals surface area contributed by atoms with Gasteiger partial charge in [0.2, 0.25) is 0 Å². The van der Waals surface area contributed by atoms with Crippen molar-refractivity contribution in [3.05, 3.63) is 65.2 Å². The summed E-state index contributed by atoms with van der Waals surface area (Å²) in [6.45, 7) is 2.78. The lowest BCUT2D eigenvalue weighted by Crippen LogP contribution is -2.33. The Morgan fingerprint density at radius 3 is 2.68 bits per heavy atom. The van der Waals surface area contributed by atoms with E-state index in [9.17, 15) is 0 Å². The van der Waals surface area contributed by atoms with Crippen molar-refractivity contribution in [3.8, 4) is 5.75 Å². The van der Waals surface area contributed by atoms with Crippen LogP contribution in [0.15, 0.2) is 48.5 Å². The van der Waals surface area contributed by atoms with Gasteiger partial charge in [0.05, 0.1) is 12.6 Å². The van der Waals surface area contributed by atoms with Gasteiger partial charge >= 0.3 is 0 Å². The highest BCUT2D eigenvalue weighted by molar-refractivity contribution is 5.43. The zero-order chi connectivity index (χ0) is 13.2. The van der Waals surface area contributed by atoms with Crippen LogP contribution >= 0.6 is 0 Å². The number of aryl methyl sites for hydroxylation is 1. The van der Waals surface area contributed by atoms with Crippen LogP contribution < -0.4 is 16.0 Å². The third kappa shape index (κ3) is 2.11. The lowest BCUT2D eigenvalue weighted by Gasteiger charge is -2.24. The molecule has 0 radical (unpaired) electrons. The molecule has 1 aliphatic heterocycles. The lowest BCUT2D eigenvalue weighted by atomic mass is 9.87. The highest BCUT2D eigenvalue weighted by Crippen LogP contribution is 2.41. The van der Waals surface area contributed by atoms with Gasteiger partial charge in [0.25, 0.3) is 0 Å². The van der Waals surface area contributed by atoms with Crippen molar-refractivity contribution in [2.75, 3.05) is 6.61 Å². The molecule has 0 spiro atoms. The molecule has 1 heterocycles. The van der Waals surface area contributed by atoms with Crippen LogP contribution in [0, 0.1) is 6.92 Å². The van der Waals surface area contributed by atoms with Gasteiger partial charge in [-0.15, -0.1) is 0 Å². The average Bonchev–Trinajstić information content (AvgIpc) is 2.86. The van der Waals surface area contributed by atoms with Gasteiger partial charge < -0.3 is 4.74 Å². The Hall–Kier alpha value is -1.84. The van der Waals surface area contributed by atoms with Crippen LogP contribution in [0.3, 0.4) is 0 Å². The third-order valence-corrected chi connectivity index (χ3v) is 3.84. The molecule has 0 amide bonds. The van der Waals surface area contributed by atoms with E-state index in [0.29, 0.717) is 6.61 Å². The van der Waals surface area contributed by atoms with E-state index in [1.165, 1.54) is 16.7 Å². The number of nitrogens with one attached hydrogen (secondary N) is 1. The predicted octanol–water partition coefficient (Wildman–Crippen LogP) is 2.68. The Morgan fingerprint density at radius 1 is 1.16 bits per heavy atom. The minimum Gasteiger partial charge on any atom is -0.493 e. The van der Waals surface area contributed by atoms with E-state index in [0.717, 1.165) is 5.75 Å². The van der Waals surface area contributed by atoms with E-state index in [-0.39, 0.29) is 12.0 Å². The summed E-state index contributed by atoms with van der Waals surface area (Å²) in [6.07, 6.45) is 0. The number of rotatable bonds is 3. The third-order valence-electron chi connectivity index (χ3n) is 3.84. The van der Waals surface area contributed by atoms with Gasteiger partial charge in [0.1, 0.15) is 5.75 Å². The van der Waals surface area contributed by atoms with Crippen LogP contribution in [-0.4, -0.2) is 6.61 Å². The number of hydrogen-bond donors (Lipinski definition) is 2. The topological polar surface area (TPSA) is 47.3 Å². The van der Waals surface area contributed by atoms with Crippen molar-refractivity contribution in [1.82, 2.24) is 5.43 Å². The molecule has 0 saturated carbocycles. The number of ether oxygens (including phenoxy) is 1. The summed E-state index contributed by atoms with van der Waals surface area (Å²) < 4.78 is 5.76. The molecule has 19 heavy (non-hydrogen) atoms. The maximum Gasteiger partial charge on any atom is 0.122 e. The molecular weight excluding hydrogens is 236 g/mol. The van der Waals surface area contributed by atoms with Gasteiger partial charge in [-0.1, -0.05) is 42.5 Å². The van der Waals surface area contributed by atoms with Gasteiger partial charge in [-0.25, -0.2) is 0 Å². The molecule has 0 saturated heterocycles. The average molecular weight is 254 g/mol. The fraction of sp³-hybridized carbons (Fsp3) is 0.250. The van der Waals surface area contributed by atoms with Gasteiger partial charge in [-0.3, -0.25) is 11.3 Å². The van der Waals surface area contributed by atoms with Crippen molar-refractivity contribution in [2.45, 2.75) is 18.9 Å². The quantitative estimate of drug-likeness (QED) is 0.654. The largest absolute Gasteiger partial charge is 0.493 e. The minimum atomic E-state index is 0.0739. The molecule has 0 fully saturated rings. The maximum absolute atomic E-state index is 5.81. The summed E-state index contributed by atoms with van der Waals surface area (Å²) in [6, 6.07) is 16.6. The monoisotopic (exact) mass is 254 g/mol. The second kappa shape index (κ2) is 5.03. The molecule has 98 valence electrons. The molecule has 1 aliphatic rings. The van der Waals surface area contributed by atoms with Crippen molar-refractivity contribution < 1.29 is 4.74 Å². The van der Waals surface area contributed by atoms with Crippen LogP contribution in [0.5, 0.6) is 5.75 Å². The van der Waals surface area contributed by atoms with Crippen molar-refractivity contribution >= 4 is 0 Å². The molecule has 3 heteroatoms. The molecule has 3 nitrogen and oxygen atoms in total. The summed E-state index contributed by atoms with van der Waals surface area (Å²) in [4.78, 5) is 0. The second-order valence-electron chi connectivity index (χ2n) is 4.96. The van der Waals surface area contributed by atoms with E-state index < -0.39 is 0 Å². The van der Waals surface area contributed by atoms with E-state index in [2.05, 4.69) is 30.5 Å². The van der Waals surface area contributed by atoms with Crippen molar-refractivity contribution in [2.24, 2.45) is 5.84 Å². The van der Waals surface area contributed by atoms with E-state index in [4.69, 9.17) is 10.6 Å². The van der Waals surface area contributed by atoms with Gasteiger partial charge in [-0.05, 0) is 24.1 Å². The molecule has 3 rings (SSSR count). The van der Waals surface area contributed by atoms with E-state index >= 15 is 0 Å². The molecular formula is C16H18N2O. The molecule has 2 atom stereocenters. The summed E-state index contributed by atoms with van der Waals surface area (Å²) in [7, 11) is 0. The molecule has 0 bridgehead atoms. The SMILES string of the molecule is Cc1ccccc1C(NN)C1COc2ccccc21. The summed E-state index contributed by atoms with van der Waals surface area (Å²) in [5.41, 5.74) is 6.67. The Morgan fingerprint density at radius 2 is 1.89 bits per heavy atom. The number of fused-ring (bicyclic) bond motifs is 1. The molecule has 2 aromatic rings. The Bertz CT molecular complexity index is 582. The van der Waals surface area contributed by atoms with E-state index in [1.807, 2.05) is 30.3 Å². The molecule has 0 aromatic heterocycles. The lowest BCUT2D eigenvalue weighted by molar-refractivity contribution is 0.300. The first-order valence-electron chi connectivity index (χ1n) is 6.54. The first kappa shape index (κ1) is 12.2. The minimum absolute atomic E-state index is 0.0739. The highest BCUT2D eigenvalue weighted by atomic mass is 16.5. The Kier molecular flexibility index (Phi) is 3.23. The van der Waals surface area contributed by atoms with Gasteiger partial charge in [-0.2, -0.15) is 0 Å². The number of hydrogen-bond acceptors (Lipinski definition) is 3. The van der Waals surface area contributed by atoms with E-state index in [1.54, 1.807) is 0 Å². The molecule has 0 aliphatic carbocycles. The standard InChI is InChI=1S/C16H18N2O/c1-11-6-2-3-7-12(11)16(18-17)14-10-19-15-9-5-4-8-13(14)15/h2-9,14,16,18H,10,17H2,1H3. The fourth-order valence-corrected chi connectivity index (χ4v) is 2.82. The fourth-order valence-electron chi connectivity index (χ4n) is 2.82. The Labute approximate surface area is 113 Å².